The summed E-state index contributed by atoms with van der Waals surface area (Å²) in [5.41, 5.74) is 1.34. The summed E-state index contributed by atoms with van der Waals surface area (Å²) >= 11 is 0. The molecular formula is C13H19NO2. The minimum absolute atomic E-state index is 0.203. The van der Waals surface area contributed by atoms with Gasteiger partial charge in [-0.3, -0.25) is 4.90 Å². The van der Waals surface area contributed by atoms with Gasteiger partial charge in [0.05, 0.1) is 12.2 Å². The van der Waals surface area contributed by atoms with Gasteiger partial charge in [-0.05, 0) is 5.56 Å². The summed E-state index contributed by atoms with van der Waals surface area (Å²) < 4.78 is 10.8. The molecule has 0 saturated carbocycles. The highest BCUT2D eigenvalue weighted by atomic mass is 16.5. The minimum Gasteiger partial charge on any atom is -0.377 e. The van der Waals surface area contributed by atoms with Gasteiger partial charge >= 0.3 is 0 Å². The smallest absolute Gasteiger partial charge is 0.0971 e. The van der Waals surface area contributed by atoms with E-state index in [1.165, 1.54) is 5.56 Å². The molecule has 3 heteroatoms. The molecule has 3 nitrogen and oxygen atoms in total. The Labute approximate surface area is 97.0 Å². The van der Waals surface area contributed by atoms with Crippen LogP contribution >= 0.6 is 0 Å². The van der Waals surface area contributed by atoms with E-state index < -0.39 is 0 Å². The number of methoxy groups -OCH3 is 2. The average Bonchev–Trinajstić information content (AvgIpc) is 2.72. The summed E-state index contributed by atoms with van der Waals surface area (Å²) in [6.07, 6.45) is 0.405. The molecule has 0 amide bonds. The Balaban J connectivity index is 1.93. The van der Waals surface area contributed by atoms with Crippen LogP contribution in [0.15, 0.2) is 30.3 Å². The second kappa shape index (κ2) is 5.43. The maximum Gasteiger partial charge on any atom is 0.0971 e. The van der Waals surface area contributed by atoms with Crippen LogP contribution in [0, 0.1) is 0 Å². The first-order chi connectivity index (χ1) is 7.83. The quantitative estimate of drug-likeness (QED) is 0.769. The summed E-state index contributed by atoms with van der Waals surface area (Å²) in [5.74, 6) is 0. The number of nitrogens with zero attached hydrogens (tertiary/aromatic N) is 1. The molecule has 1 aliphatic heterocycles. The molecule has 2 atom stereocenters. The first kappa shape index (κ1) is 11.6. The van der Waals surface area contributed by atoms with E-state index in [2.05, 4.69) is 29.2 Å². The third-order valence-electron chi connectivity index (χ3n) is 3.15. The van der Waals surface area contributed by atoms with Crippen molar-refractivity contribution in [3.63, 3.8) is 0 Å². The minimum atomic E-state index is 0.203. The topological polar surface area (TPSA) is 21.7 Å². The number of rotatable bonds is 4. The van der Waals surface area contributed by atoms with Crippen LogP contribution in [-0.2, 0) is 16.0 Å². The predicted octanol–water partition coefficient (Wildman–Crippen LogP) is 1.53. The van der Waals surface area contributed by atoms with Crippen LogP contribution in [0.25, 0.3) is 0 Å². The molecule has 0 aromatic heterocycles. The largest absolute Gasteiger partial charge is 0.377 e. The van der Waals surface area contributed by atoms with Crippen molar-refractivity contribution in [2.45, 2.75) is 18.8 Å². The van der Waals surface area contributed by atoms with E-state index in [4.69, 9.17) is 9.47 Å². The zero-order chi connectivity index (χ0) is 11.4. The van der Waals surface area contributed by atoms with Crippen LogP contribution in [0.4, 0.5) is 0 Å². The van der Waals surface area contributed by atoms with Crippen molar-refractivity contribution in [1.29, 1.82) is 0 Å². The zero-order valence-electron chi connectivity index (χ0n) is 9.93. The fourth-order valence-electron chi connectivity index (χ4n) is 2.24. The van der Waals surface area contributed by atoms with E-state index in [0.29, 0.717) is 0 Å². The maximum absolute atomic E-state index is 5.42. The van der Waals surface area contributed by atoms with Gasteiger partial charge in [0.1, 0.15) is 0 Å². The van der Waals surface area contributed by atoms with E-state index in [-0.39, 0.29) is 12.2 Å². The fraction of sp³-hybridized carbons (Fsp3) is 0.538. The Morgan fingerprint density at radius 3 is 2.12 bits per heavy atom. The van der Waals surface area contributed by atoms with Crippen molar-refractivity contribution in [2.75, 3.05) is 27.3 Å². The highest BCUT2D eigenvalue weighted by molar-refractivity contribution is 5.14. The molecule has 0 radical (unpaired) electrons. The molecule has 0 spiro atoms. The maximum atomic E-state index is 5.42. The normalized spacial score (nSPS) is 26.1. The monoisotopic (exact) mass is 221 g/mol. The Morgan fingerprint density at radius 1 is 1.06 bits per heavy atom. The van der Waals surface area contributed by atoms with Crippen molar-refractivity contribution in [1.82, 2.24) is 4.90 Å². The lowest BCUT2D eigenvalue weighted by Gasteiger charge is -2.14. The van der Waals surface area contributed by atoms with E-state index in [0.717, 1.165) is 19.6 Å². The third kappa shape index (κ3) is 2.61. The molecule has 0 aliphatic carbocycles. The molecule has 16 heavy (non-hydrogen) atoms. The van der Waals surface area contributed by atoms with Crippen molar-refractivity contribution < 1.29 is 9.47 Å². The van der Waals surface area contributed by atoms with Gasteiger partial charge in [0, 0.05) is 33.9 Å². The van der Waals surface area contributed by atoms with Gasteiger partial charge < -0.3 is 9.47 Å². The first-order valence-corrected chi connectivity index (χ1v) is 5.65. The van der Waals surface area contributed by atoms with Gasteiger partial charge in [0.15, 0.2) is 0 Å². The standard InChI is InChI=1S/C13H19NO2/c1-15-12-9-14(10-13(12)16-2)8-11-6-4-3-5-7-11/h3-7,12-13H,8-10H2,1-2H3. The molecule has 0 bridgehead atoms. The van der Waals surface area contributed by atoms with Gasteiger partial charge in [0.2, 0.25) is 0 Å². The van der Waals surface area contributed by atoms with Crippen LogP contribution in [0.1, 0.15) is 5.56 Å². The van der Waals surface area contributed by atoms with Crippen LogP contribution in [-0.4, -0.2) is 44.4 Å². The fourth-order valence-corrected chi connectivity index (χ4v) is 2.24. The molecule has 0 N–H and O–H groups in total. The lowest BCUT2D eigenvalue weighted by atomic mass is 10.2. The number of hydrogen-bond acceptors (Lipinski definition) is 3. The first-order valence-electron chi connectivity index (χ1n) is 5.65. The van der Waals surface area contributed by atoms with E-state index in [1.54, 1.807) is 14.2 Å². The molecule has 1 fully saturated rings. The molecule has 1 aromatic rings. The van der Waals surface area contributed by atoms with Crippen LogP contribution in [0.2, 0.25) is 0 Å². The lowest BCUT2D eigenvalue weighted by molar-refractivity contribution is -0.00461. The number of benzene rings is 1. The molecule has 1 aliphatic rings. The molecule has 2 rings (SSSR count). The average molecular weight is 221 g/mol. The number of likely N-dealkylation sites (tertiary alicyclic amines) is 1. The van der Waals surface area contributed by atoms with Gasteiger partial charge in [0.25, 0.3) is 0 Å². The van der Waals surface area contributed by atoms with Crippen molar-refractivity contribution in [3.05, 3.63) is 35.9 Å². The van der Waals surface area contributed by atoms with Crippen molar-refractivity contribution in [3.8, 4) is 0 Å². The van der Waals surface area contributed by atoms with Gasteiger partial charge in [-0.2, -0.15) is 0 Å². The summed E-state index contributed by atoms with van der Waals surface area (Å²) in [7, 11) is 3.51. The van der Waals surface area contributed by atoms with Crippen molar-refractivity contribution >= 4 is 0 Å². The molecular weight excluding hydrogens is 202 g/mol. The molecule has 1 saturated heterocycles. The van der Waals surface area contributed by atoms with Gasteiger partial charge in [-0.25, -0.2) is 0 Å². The Kier molecular flexibility index (Phi) is 3.93. The van der Waals surface area contributed by atoms with Gasteiger partial charge in [-0.1, -0.05) is 30.3 Å². The summed E-state index contributed by atoms with van der Waals surface area (Å²) in [4.78, 5) is 2.37. The van der Waals surface area contributed by atoms with Crippen LogP contribution < -0.4 is 0 Å². The van der Waals surface area contributed by atoms with Crippen LogP contribution in [0.5, 0.6) is 0 Å². The predicted molar refractivity (Wildman–Crippen MR) is 63.3 cm³/mol. The summed E-state index contributed by atoms with van der Waals surface area (Å²) in [5, 5.41) is 0. The number of hydrogen-bond donors (Lipinski definition) is 0. The van der Waals surface area contributed by atoms with E-state index in [9.17, 15) is 0 Å². The number of ether oxygens (including phenoxy) is 2. The highest BCUT2D eigenvalue weighted by Gasteiger charge is 2.32. The zero-order valence-corrected chi connectivity index (χ0v) is 9.93. The Hall–Kier alpha value is -0.900. The molecule has 88 valence electrons. The van der Waals surface area contributed by atoms with Crippen molar-refractivity contribution in [2.24, 2.45) is 0 Å². The lowest BCUT2D eigenvalue weighted by Crippen LogP contribution is -2.27. The molecule has 1 heterocycles. The molecule has 1 aromatic carbocycles. The highest BCUT2D eigenvalue weighted by Crippen LogP contribution is 2.17. The second-order valence-electron chi connectivity index (χ2n) is 4.23. The summed E-state index contributed by atoms with van der Waals surface area (Å²) in [6, 6.07) is 10.5. The Morgan fingerprint density at radius 2 is 1.62 bits per heavy atom. The third-order valence-corrected chi connectivity index (χ3v) is 3.15. The van der Waals surface area contributed by atoms with Gasteiger partial charge in [-0.15, -0.1) is 0 Å². The molecule has 2 unspecified atom stereocenters. The van der Waals surface area contributed by atoms with Crippen LogP contribution in [0.3, 0.4) is 0 Å². The SMILES string of the molecule is COC1CN(Cc2ccccc2)CC1OC. The summed E-state index contributed by atoms with van der Waals surface area (Å²) in [6.45, 7) is 2.87. The van der Waals surface area contributed by atoms with E-state index >= 15 is 0 Å². The second-order valence-corrected chi connectivity index (χ2v) is 4.23. The Bertz CT molecular complexity index is 303. The van der Waals surface area contributed by atoms with E-state index in [1.807, 2.05) is 6.07 Å².